The van der Waals surface area contributed by atoms with E-state index in [1.807, 2.05) is 13.0 Å². The maximum Gasteiger partial charge on any atom is 0.325 e. The molecule has 0 heterocycles. The number of amides is 1. The van der Waals surface area contributed by atoms with Crippen molar-refractivity contribution in [1.29, 1.82) is 0 Å². The van der Waals surface area contributed by atoms with Crippen molar-refractivity contribution in [3.05, 3.63) is 70.8 Å². The number of halogens is 2. The van der Waals surface area contributed by atoms with E-state index in [4.69, 9.17) is 4.74 Å². The van der Waals surface area contributed by atoms with Crippen molar-refractivity contribution in [3.63, 3.8) is 0 Å². The Labute approximate surface area is 142 Å². The van der Waals surface area contributed by atoms with E-state index in [1.165, 1.54) is 0 Å². The van der Waals surface area contributed by atoms with Crippen molar-refractivity contribution in [2.24, 2.45) is 0 Å². The summed E-state index contributed by atoms with van der Waals surface area (Å²) in [4.78, 5) is 35.2. The monoisotopic (exact) mass is 347 g/mol. The van der Waals surface area contributed by atoms with Gasteiger partial charge in [0.25, 0.3) is 5.91 Å². The van der Waals surface area contributed by atoms with E-state index in [0.717, 1.165) is 23.8 Å². The molecule has 2 aromatic carbocycles. The standard InChI is InChI=1S/C18H15F2NO4/c1-11-3-2-4-13(7-11)18(24)21-9-17(23)25-10-16(22)12-5-6-14(19)15(20)8-12/h2-8H,9-10H2,1H3,(H,21,24). The third-order valence-electron chi connectivity index (χ3n) is 3.28. The van der Waals surface area contributed by atoms with Crippen LogP contribution in [0.25, 0.3) is 0 Å². The molecule has 25 heavy (non-hydrogen) atoms. The van der Waals surface area contributed by atoms with Gasteiger partial charge in [0, 0.05) is 11.1 Å². The summed E-state index contributed by atoms with van der Waals surface area (Å²) in [5, 5.41) is 2.37. The van der Waals surface area contributed by atoms with Gasteiger partial charge in [-0.25, -0.2) is 8.78 Å². The van der Waals surface area contributed by atoms with Crippen molar-refractivity contribution in [3.8, 4) is 0 Å². The summed E-state index contributed by atoms with van der Waals surface area (Å²) in [5.41, 5.74) is 1.17. The molecule has 0 aliphatic carbocycles. The average Bonchev–Trinajstić information content (AvgIpc) is 2.59. The number of hydrogen-bond acceptors (Lipinski definition) is 4. The summed E-state index contributed by atoms with van der Waals surface area (Å²) in [5.74, 6) is -4.20. The van der Waals surface area contributed by atoms with Crippen LogP contribution in [0, 0.1) is 18.6 Å². The van der Waals surface area contributed by atoms with Crippen LogP contribution in [0.15, 0.2) is 42.5 Å². The quantitative estimate of drug-likeness (QED) is 0.643. The number of benzene rings is 2. The molecule has 0 saturated carbocycles. The molecular formula is C18H15F2NO4. The van der Waals surface area contributed by atoms with Crippen LogP contribution in [-0.4, -0.2) is 30.8 Å². The highest BCUT2D eigenvalue weighted by Gasteiger charge is 2.13. The fraction of sp³-hybridized carbons (Fsp3) is 0.167. The largest absolute Gasteiger partial charge is 0.456 e. The number of carbonyl (C=O) groups excluding carboxylic acids is 3. The van der Waals surface area contributed by atoms with Crippen molar-refractivity contribution < 1.29 is 27.9 Å². The first kappa shape index (κ1) is 18.3. The summed E-state index contributed by atoms with van der Waals surface area (Å²) in [6.07, 6.45) is 0. The van der Waals surface area contributed by atoms with Crippen LogP contribution in [0.5, 0.6) is 0 Å². The number of ether oxygens (including phenoxy) is 1. The zero-order valence-electron chi connectivity index (χ0n) is 13.3. The molecule has 0 aliphatic heterocycles. The van der Waals surface area contributed by atoms with E-state index < -0.39 is 42.4 Å². The number of carbonyl (C=O) groups is 3. The minimum Gasteiger partial charge on any atom is -0.456 e. The Kier molecular flexibility index (Phi) is 5.94. The number of esters is 1. The molecule has 2 rings (SSSR count). The van der Waals surface area contributed by atoms with E-state index in [0.29, 0.717) is 5.56 Å². The second-order valence-electron chi connectivity index (χ2n) is 5.26. The molecule has 0 bridgehead atoms. The lowest BCUT2D eigenvalue weighted by molar-refractivity contribution is -0.141. The Hall–Kier alpha value is -3.09. The van der Waals surface area contributed by atoms with Crippen LogP contribution < -0.4 is 5.32 Å². The third kappa shape index (κ3) is 5.20. The lowest BCUT2D eigenvalue weighted by Crippen LogP contribution is -2.31. The molecule has 0 fully saturated rings. The fourth-order valence-corrected chi connectivity index (χ4v) is 1.99. The fourth-order valence-electron chi connectivity index (χ4n) is 1.99. The molecule has 0 unspecified atom stereocenters. The molecular weight excluding hydrogens is 332 g/mol. The molecule has 0 saturated heterocycles. The molecule has 1 N–H and O–H groups in total. The SMILES string of the molecule is Cc1cccc(C(=O)NCC(=O)OCC(=O)c2ccc(F)c(F)c2)c1. The normalized spacial score (nSPS) is 10.2. The molecule has 130 valence electrons. The van der Waals surface area contributed by atoms with Gasteiger partial charge < -0.3 is 10.1 Å². The molecule has 0 radical (unpaired) electrons. The number of aryl methyl sites for hydroxylation is 1. The summed E-state index contributed by atoms with van der Waals surface area (Å²) in [6.45, 7) is 0.775. The molecule has 0 atom stereocenters. The number of nitrogens with one attached hydrogen (secondary N) is 1. The van der Waals surface area contributed by atoms with Crippen molar-refractivity contribution in [2.45, 2.75) is 6.92 Å². The molecule has 0 spiro atoms. The minimum atomic E-state index is -1.16. The second-order valence-corrected chi connectivity index (χ2v) is 5.26. The Bertz CT molecular complexity index is 820. The Balaban J connectivity index is 1.81. The van der Waals surface area contributed by atoms with Crippen LogP contribution >= 0.6 is 0 Å². The lowest BCUT2D eigenvalue weighted by atomic mass is 10.1. The first-order chi connectivity index (χ1) is 11.9. The van der Waals surface area contributed by atoms with Crippen molar-refractivity contribution >= 4 is 17.7 Å². The Morgan fingerprint density at radius 2 is 1.76 bits per heavy atom. The number of ketones is 1. The minimum absolute atomic E-state index is 0.115. The number of rotatable bonds is 6. The van der Waals surface area contributed by atoms with Crippen molar-refractivity contribution in [1.82, 2.24) is 5.32 Å². The second kappa shape index (κ2) is 8.14. The summed E-state index contributed by atoms with van der Waals surface area (Å²) < 4.78 is 30.6. The highest BCUT2D eigenvalue weighted by Crippen LogP contribution is 2.09. The van der Waals surface area contributed by atoms with Crippen LogP contribution in [0.1, 0.15) is 26.3 Å². The van der Waals surface area contributed by atoms with Gasteiger partial charge >= 0.3 is 5.97 Å². The van der Waals surface area contributed by atoms with E-state index in [2.05, 4.69) is 5.32 Å². The maximum atomic E-state index is 13.1. The lowest BCUT2D eigenvalue weighted by Gasteiger charge is -2.07. The van der Waals surface area contributed by atoms with Crippen LogP contribution in [0.3, 0.4) is 0 Å². The summed E-state index contributed by atoms with van der Waals surface area (Å²) >= 11 is 0. The molecule has 7 heteroatoms. The number of hydrogen-bond donors (Lipinski definition) is 1. The van der Waals surface area contributed by atoms with Crippen LogP contribution in [0.4, 0.5) is 8.78 Å². The van der Waals surface area contributed by atoms with Gasteiger partial charge in [-0.05, 0) is 37.3 Å². The zero-order chi connectivity index (χ0) is 18.4. The average molecular weight is 347 g/mol. The van der Waals surface area contributed by atoms with Crippen LogP contribution in [-0.2, 0) is 9.53 Å². The van der Waals surface area contributed by atoms with Crippen molar-refractivity contribution in [2.75, 3.05) is 13.2 Å². The van der Waals surface area contributed by atoms with Gasteiger partial charge in [-0.2, -0.15) is 0 Å². The third-order valence-corrected chi connectivity index (χ3v) is 3.28. The van der Waals surface area contributed by atoms with E-state index in [1.54, 1.807) is 18.2 Å². The smallest absolute Gasteiger partial charge is 0.325 e. The number of Topliss-reactive ketones (excluding diaryl/α,β-unsaturated/α-hetero) is 1. The highest BCUT2D eigenvalue weighted by atomic mass is 19.2. The van der Waals surface area contributed by atoms with Gasteiger partial charge in [0.15, 0.2) is 24.0 Å². The van der Waals surface area contributed by atoms with Gasteiger partial charge in [0.05, 0.1) is 0 Å². The molecule has 0 aliphatic rings. The van der Waals surface area contributed by atoms with E-state index in [-0.39, 0.29) is 5.56 Å². The Morgan fingerprint density at radius 1 is 1.00 bits per heavy atom. The van der Waals surface area contributed by atoms with Gasteiger partial charge in [-0.3, -0.25) is 14.4 Å². The van der Waals surface area contributed by atoms with E-state index in [9.17, 15) is 23.2 Å². The predicted molar refractivity (Wildman–Crippen MR) is 85.2 cm³/mol. The van der Waals surface area contributed by atoms with Gasteiger partial charge in [0.2, 0.25) is 0 Å². The van der Waals surface area contributed by atoms with Gasteiger partial charge in [0.1, 0.15) is 6.54 Å². The maximum absolute atomic E-state index is 13.1. The van der Waals surface area contributed by atoms with Crippen LogP contribution in [0.2, 0.25) is 0 Å². The molecule has 1 amide bonds. The van der Waals surface area contributed by atoms with Gasteiger partial charge in [-0.15, -0.1) is 0 Å². The predicted octanol–water partition coefficient (Wildman–Crippen LogP) is 2.43. The van der Waals surface area contributed by atoms with E-state index >= 15 is 0 Å². The highest BCUT2D eigenvalue weighted by molar-refractivity contribution is 5.98. The zero-order valence-corrected chi connectivity index (χ0v) is 13.3. The topological polar surface area (TPSA) is 72.5 Å². The van der Waals surface area contributed by atoms with Gasteiger partial charge in [-0.1, -0.05) is 17.7 Å². The molecule has 2 aromatic rings. The molecule has 0 aromatic heterocycles. The Morgan fingerprint density at radius 3 is 2.44 bits per heavy atom. The summed E-state index contributed by atoms with van der Waals surface area (Å²) in [6, 6.07) is 9.43. The first-order valence-electron chi connectivity index (χ1n) is 7.35. The summed E-state index contributed by atoms with van der Waals surface area (Å²) in [7, 11) is 0. The molecule has 5 nitrogen and oxygen atoms in total. The first-order valence-corrected chi connectivity index (χ1v) is 7.35.